The first-order valence-electron chi connectivity index (χ1n) is 5.67. The van der Waals surface area contributed by atoms with E-state index in [1.165, 1.54) is 25.7 Å². The molecular weight excluding hydrogens is 160 g/mol. The van der Waals surface area contributed by atoms with Crippen molar-refractivity contribution in [3.8, 4) is 0 Å². The first-order chi connectivity index (χ1) is 6.34. The first-order valence-corrected chi connectivity index (χ1v) is 5.67. The highest BCUT2D eigenvalue weighted by Crippen LogP contribution is 2.24. The lowest BCUT2D eigenvalue weighted by atomic mass is 9.87. The predicted molar refractivity (Wildman–Crippen MR) is 56.6 cm³/mol. The van der Waals surface area contributed by atoms with Gasteiger partial charge in [-0.3, -0.25) is 0 Å². The molecule has 0 saturated heterocycles. The van der Waals surface area contributed by atoms with Crippen LogP contribution in [0.2, 0.25) is 0 Å². The Morgan fingerprint density at radius 1 is 1.23 bits per heavy atom. The van der Waals surface area contributed by atoms with Crippen LogP contribution in [0.1, 0.15) is 51.9 Å². The van der Waals surface area contributed by atoms with Crippen molar-refractivity contribution in [1.82, 2.24) is 0 Å². The summed E-state index contributed by atoms with van der Waals surface area (Å²) < 4.78 is 0. The molecule has 1 nitrogen and oxygen atoms in total. The van der Waals surface area contributed by atoms with E-state index >= 15 is 0 Å². The molecule has 0 saturated carbocycles. The Kier molecular flexibility index (Phi) is 5.14. The highest BCUT2D eigenvalue weighted by molar-refractivity contribution is 4.87. The van der Waals surface area contributed by atoms with Crippen molar-refractivity contribution in [2.45, 2.75) is 58.0 Å². The lowest BCUT2D eigenvalue weighted by Crippen LogP contribution is -2.21. The van der Waals surface area contributed by atoms with Crippen molar-refractivity contribution in [1.29, 1.82) is 0 Å². The second-order valence-electron chi connectivity index (χ2n) is 4.10. The third-order valence-corrected chi connectivity index (χ3v) is 2.97. The van der Waals surface area contributed by atoms with E-state index in [0.717, 1.165) is 19.3 Å². The Bertz CT molecular complexity index is 151. The summed E-state index contributed by atoms with van der Waals surface area (Å²) in [4.78, 5) is 0. The normalized spacial score (nSPS) is 32.2. The van der Waals surface area contributed by atoms with Crippen molar-refractivity contribution in [3.05, 3.63) is 12.2 Å². The highest BCUT2D eigenvalue weighted by Gasteiger charge is 2.18. The summed E-state index contributed by atoms with van der Waals surface area (Å²) in [5.41, 5.74) is 0. The van der Waals surface area contributed by atoms with E-state index in [1.54, 1.807) is 0 Å². The fourth-order valence-electron chi connectivity index (χ4n) is 2.04. The molecule has 0 aromatic carbocycles. The van der Waals surface area contributed by atoms with Gasteiger partial charge in [0.15, 0.2) is 0 Å². The van der Waals surface area contributed by atoms with E-state index in [4.69, 9.17) is 0 Å². The quantitative estimate of drug-likeness (QED) is 0.664. The van der Waals surface area contributed by atoms with Crippen LogP contribution < -0.4 is 0 Å². The second-order valence-corrected chi connectivity index (χ2v) is 4.10. The summed E-state index contributed by atoms with van der Waals surface area (Å²) in [5.74, 6) is 0.560. The molecule has 0 aliphatic heterocycles. The topological polar surface area (TPSA) is 20.2 Å². The molecule has 0 radical (unpaired) electrons. The molecule has 1 aliphatic rings. The summed E-state index contributed by atoms with van der Waals surface area (Å²) in [7, 11) is 0. The smallest absolute Gasteiger partial charge is 0.0571 e. The maximum atomic E-state index is 9.87. The molecule has 76 valence electrons. The number of rotatable bonds is 3. The largest absolute Gasteiger partial charge is 0.393 e. The molecule has 0 aromatic rings. The first kappa shape index (κ1) is 10.8. The summed E-state index contributed by atoms with van der Waals surface area (Å²) in [6.07, 6.45) is 12.5. The van der Waals surface area contributed by atoms with Gasteiger partial charge in [-0.1, -0.05) is 31.9 Å². The van der Waals surface area contributed by atoms with Crippen molar-refractivity contribution in [3.63, 3.8) is 0 Å². The van der Waals surface area contributed by atoms with E-state index in [0.29, 0.717) is 5.92 Å². The van der Waals surface area contributed by atoms with Gasteiger partial charge in [0.25, 0.3) is 0 Å². The molecule has 0 aromatic heterocycles. The molecule has 0 fully saturated rings. The van der Waals surface area contributed by atoms with Gasteiger partial charge in [0, 0.05) is 0 Å². The van der Waals surface area contributed by atoms with Gasteiger partial charge in [-0.25, -0.2) is 0 Å². The number of allylic oxidation sites excluding steroid dienone is 2. The summed E-state index contributed by atoms with van der Waals surface area (Å²) in [6, 6.07) is 0. The van der Waals surface area contributed by atoms with Gasteiger partial charge in [0.1, 0.15) is 0 Å². The Morgan fingerprint density at radius 2 is 1.92 bits per heavy atom. The zero-order chi connectivity index (χ0) is 9.52. The van der Waals surface area contributed by atoms with E-state index in [2.05, 4.69) is 19.1 Å². The van der Waals surface area contributed by atoms with E-state index in [9.17, 15) is 5.11 Å². The van der Waals surface area contributed by atoms with E-state index in [-0.39, 0.29) is 6.10 Å². The molecule has 1 aliphatic carbocycles. The fraction of sp³-hybridized carbons (Fsp3) is 0.833. The average Bonchev–Trinajstić information content (AvgIpc) is 2.11. The molecule has 2 atom stereocenters. The Morgan fingerprint density at radius 3 is 2.62 bits per heavy atom. The van der Waals surface area contributed by atoms with Crippen molar-refractivity contribution in [2.75, 3.05) is 0 Å². The Hall–Kier alpha value is -0.300. The predicted octanol–water partition coefficient (Wildman–Crippen LogP) is 3.28. The zero-order valence-corrected chi connectivity index (χ0v) is 8.71. The van der Waals surface area contributed by atoms with Gasteiger partial charge < -0.3 is 5.11 Å². The van der Waals surface area contributed by atoms with Gasteiger partial charge in [0.05, 0.1) is 6.10 Å². The van der Waals surface area contributed by atoms with Crippen LogP contribution in [0.5, 0.6) is 0 Å². The molecule has 0 spiro atoms. The fourth-order valence-corrected chi connectivity index (χ4v) is 2.04. The Labute approximate surface area is 81.9 Å². The van der Waals surface area contributed by atoms with Crippen LogP contribution in [-0.2, 0) is 0 Å². The molecular formula is C12H22O. The molecule has 0 heterocycles. The molecule has 13 heavy (non-hydrogen) atoms. The summed E-state index contributed by atoms with van der Waals surface area (Å²) in [6.45, 7) is 2.22. The lowest BCUT2D eigenvalue weighted by molar-refractivity contribution is 0.0876. The monoisotopic (exact) mass is 182 g/mol. The number of aliphatic hydroxyl groups excluding tert-OH is 1. The number of aliphatic hydroxyl groups is 1. The third kappa shape index (κ3) is 3.95. The Balaban J connectivity index is 2.34. The molecule has 1 N–H and O–H groups in total. The molecule has 1 heteroatoms. The van der Waals surface area contributed by atoms with Gasteiger partial charge >= 0.3 is 0 Å². The second kappa shape index (κ2) is 6.20. The van der Waals surface area contributed by atoms with Gasteiger partial charge in [-0.05, 0) is 38.0 Å². The lowest BCUT2D eigenvalue weighted by Gasteiger charge is -2.23. The minimum Gasteiger partial charge on any atom is -0.393 e. The van der Waals surface area contributed by atoms with Crippen LogP contribution in [0, 0.1) is 5.92 Å². The van der Waals surface area contributed by atoms with Crippen molar-refractivity contribution in [2.24, 2.45) is 5.92 Å². The molecule has 1 rings (SSSR count). The van der Waals surface area contributed by atoms with Gasteiger partial charge in [0.2, 0.25) is 0 Å². The minimum atomic E-state index is -0.0449. The zero-order valence-electron chi connectivity index (χ0n) is 8.71. The van der Waals surface area contributed by atoms with Crippen LogP contribution >= 0.6 is 0 Å². The maximum Gasteiger partial charge on any atom is 0.0571 e. The van der Waals surface area contributed by atoms with Crippen LogP contribution in [0.25, 0.3) is 0 Å². The number of unbranched alkanes of at least 4 members (excludes halogenated alkanes) is 1. The molecule has 2 unspecified atom stereocenters. The van der Waals surface area contributed by atoms with Crippen molar-refractivity contribution >= 4 is 0 Å². The van der Waals surface area contributed by atoms with Crippen LogP contribution in [0.4, 0.5) is 0 Å². The minimum absolute atomic E-state index is 0.0449. The van der Waals surface area contributed by atoms with E-state index in [1.807, 2.05) is 0 Å². The van der Waals surface area contributed by atoms with Gasteiger partial charge in [-0.15, -0.1) is 0 Å². The highest BCUT2D eigenvalue weighted by atomic mass is 16.3. The van der Waals surface area contributed by atoms with Gasteiger partial charge in [-0.2, -0.15) is 0 Å². The van der Waals surface area contributed by atoms with Crippen LogP contribution in [0.3, 0.4) is 0 Å². The summed E-state index contributed by atoms with van der Waals surface area (Å²) in [5, 5.41) is 9.87. The molecule has 0 bridgehead atoms. The number of hydrogen-bond donors (Lipinski definition) is 1. The third-order valence-electron chi connectivity index (χ3n) is 2.97. The van der Waals surface area contributed by atoms with Crippen LogP contribution in [-0.4, -0.2) is 11.2 Å². The number of hydrogen-bond acceptors (Lipinski definition) is 1. The van der Waals surface area contributed by atoms with E-state index < -0.39 is 0 Å². The SMILES string of the molecule is CCCCC1CC/C=C\CCC1O. The summed E-state index contributed by atoms with van der Waals surface area (Å²) >= 11 is 0. The molecule has 0 amide bonds. The maximum absolute atomic E-state index is 9.87. The standard InChI is InChI=1S/C12H22O/c1-2-3-8-11-9-6-4-5-7-10-12(11)13/h4-5,11-13H,2-3,6-10H2,1H3/b5-4-. The van der Waals surface area contributed by atoms with Crippen LogP contribution in [0.15, 0.2) is 12.2 Å². The van der Waals surface area contributed by atoms with Crippen molar-refractivity contribution < 1.29 is 5.11 Å². The average molecular weight is 182 g/mol.